The molecule has 3 rings (SSSR count). The van der Waals surface area contributed by atoms with Gasteiger partial charge in [-0.25, -0.2) is 0 Å². The zero-order valence-corrected chi connectivity index (χ0v) is 14.7. The van der Waals surface area contributed by atoms with E-state index in [9.17, 15) is 4.79 Å². The number of allylic oxidation sites excluding steroid dienone is 2. The van der Waals surface area contributed by atoms with Crippen LogP contribution in [-0.2, 0) is 17.8 Å². The molecule has 0 unspecified atom stereocenters. The maximum Gasteiger partial charge on any atom is 0.228 e. The molecular formula is C22H25NO2. The molecule has 1 saturated carbocycles. The van der Waals surface area contributed by atoms with E-state index in [4.69, 9.17) is 4.74 Å². The fourth-order valence-electron chi connectivity index (χ4n) is 2.64. The number of nitrogens with one attached hydrogen (secondary N) is 1. The summed E-state index contributed by atoms with van der Waals surface area (Å²) in [7, 11) is 0. The largest absolute Gasteiger partial charge is 0.489 e. The first-order chi connectivity index (χ1) is 12.2. The molecule has 0 saturated heterocycles. The summed E-state index contributed by atoms with van der Waals surface area (Å²) in [6, 6.07) is 17.8. The number of rotatable bonds is 8. The Labute approximate surface area is 149 Å². The monoisotopic (exact) mass is 335 g/mol. The van der Waals surface area contributed by atoms with Gasteiger partial charge in [-0.3, -0.25) is 4.79 Å². The van der Waals surface area contributed by atoms with Crippen LogP contribution in [-0.4, -0.2) is 5.91 Å². The Morgan fingerprint density at radius 2 is 1.80 bits per heavy atom. The van der Waals surface area contributed by atoms with Crippen LogP contribution >= 0.6 is 0 Å². The molecule has 0 radical (unpaired) electrons. The average molecular weight is 335 g/mol. The lowest BCUT2D eigenvalue weighted by Crippen LogP contribution is -2.23. The number of carbonyl (C=O) groups excluding carboxylic acids is 1. The maximum absolute atomic E-state index is 12.1. The molecule has 0 heterocycles. The standard InChI is InChI=1S/C22H25NO2/c1-17(7-8-18-9-10-18)23-22(24)15-19-11-13-21(14-12-19)25-16-20-5-3-2-4-6-20/h2-7,11-14,18H,8-10,15-16H2,1H3,(H,23,24)/b17-7+. The highest BCUT2D eigenvalue weighted by Gasteiger charge is 2.19. The van der Waals surface area contributed by atoms with Crippen LogP contribution in [0.2, 0.25) is 0 Å². The van der Waals surface area contributed by atoms with Crippen molar-refractivity contribution >= 4 is 5.91 Å². The molecule has 25 heavy (non-hydrogen) atoms. The Morgan fingerprint density at radius 3 is 2.48 bits per heavy atom. The quantitative estimate of drug-likeness (QED) is 0.764. The third-order valence-corrected chi connectivity index (χ3v) is 4.33. The fourth-order valence-corrected chi connectivity index (χ4v) is 2.64. The molecule has 1 aliphatic rings. The summed E-state index contributed by atoms with van der Waals surface area (Å²) in [5.74, 6) is 1.69. The zero-order valence-electron chi connectivity index (χ0n) is 14.7. The summed E-state index contributed by atoms with van der Waals surface area (Å²) in [6.07, 6.45) is 6.26. The van der Waals surface area contributed by atoms with E-state index in [0.29, 0.717) is 13.0 Å². The van der Waals surface area contributed by atoms with E-state index < -0.39 is 0 Å². The lowest BCUT2D eigenvalue weighted by atomic mass is 10.1. The number of hydrogen-bond acceptors (Lipinski definition) is 2. The molecule has 130 valence electrons. The van der Waals surface area contributed by atoms with Crippen molar-refractivity contribution in [3.8, 4) is 5.75 Å². The molecule has 1 aliphatic carbocycles. The minimum Gasteiger partial charge on any atom is -0.489 e. The van der Waals surface area contributed by atoms with Gasteiger partial charge in [0.2, 0.25) is 5.91 Å². The van der Waals surface area contributed by atoms with Crippen molar-refractivity contribution in [2.75, 3.05) is 0 Å². The molecule has 3 heteroatoms. The van der Waals surface area contributed by atoms with Gasteiger partial charge in [0.1, 0.15) is 12.4 Å². The Bertz CT molecular complexity index is 715. The number of benzene rings is 2. The van der Waals surface area contributed by atoms with Crippen LogP contribution in [0.3, 0.4) is 0 Å². The van der Waals surface area contributed by atoms with Gasteiger partial charge in [0, 0.05) is 5.70 Å². The highest BCUT2D eigenvalue weighted by atomic mass is 16.5. The molecule has 0 bridgehead atoms. The van der Waals surface area contributed by atoms with Gasteiger partial charge in [-0.2, -0.15) is 0 Å². The van der Waals surface area contributed by atoms with E-state index >= 15 is 0 Å². The highest BCUT2D eigenvalue weighted by Crippen LogP contribution is 2.32. The van der Waals surface area contributed by atoms with E-state index in [1.165, 1.54) is 12.8 Å². The zero-order chi connectivity index (χ0) is 17.5. The van der Waals surface area contributed by atoms with Gasteiger partial charge in [-0.1, -0.05) is 48.5 Å². The van der Waals surface area contributed by atoms with E-state index in [2.05, 4.69) is 11.4 Å². The second-order valence-corrected chi connectivity index (χ2v) is 6.71. The van der Waals surface area contributed by atoms with Crippen LogP contribution in [0.4, 0.5) is 0 Å². The molecule has 0 aromatic heterocycles. The summed E-state index contributed by atoms with van der Waals surface area (Å²) in [5.41, 5.74) is 3.08. The SMILES string of the molecule is C/C(=C\CC1CC1)NC(=O)Cc1ccc(OCc2ccccc2)cc1. The normalized spacial score (nSPS) is 14.2. The van der Waals surface area contributed by atoms with Crippen molar-refractivity contribution in [3.63, 3.8) is 0 Å². The number of amides is 1. The molecule has 1 fully saturated rings. The predicted octanol–water partition coefficient (Wildman–Crippen LogP) is 4.63. The Kier molecular flexibility index (Phi) is 5.89. The van der Waals surface area contributed by atoms with Crippen LogP contribution in [0.1, 0.15) is 37.3 Å². The maximum atomic E-state index is 12.1. The van der Waals surface area contributed by atoms with Crippen molar-refractivity contribution in [1.29, 1.82) is 0 Å². The summed E-state index contributed by atoms with van der Waals surface area (Å²) in [4.78, 5) is 12.1. The molecule has 0 aliphatic heterocycles. The van der Waals surface area contributed by atoms with E-state index in [1.807, 2.05) is 61.5 Å². The van der Waals surface area contributed by atoms with Crippen LogP contribution in [0.5, 0.6) is 5.75 Å². The van der Waals surface area contributed by atoms with Crippen molar-refractivity contribution in [1.82, 2.24) is 5.32 Å². The van der Waals surface area contributed by atoms with Gasteiger partial charge in [0.05, 0.1) is 6.42 Å². The molecule has 3 nitrogen and oxygen atoms in total. The summed E-state index contributed by atoms with van der Waals surface area (Å²) >= 11 is 0. The Balaban J connectivity index is 1.45. The minimum atomic E-state index is 0.0301. The lowest BCUT2D eigenvalue weighted by Gasteiger charge is -2.08. The van der Waals surface area contributed by atoms with Gasteiger partial charge in [-0.15, -0.1) is 0 Å². The second-order valence-electron chi connectivity index (χ2n) is 6.71. The first kappa shape index (κ1) is 17.3. The first-order valence-electron chi connectivity index (χ1n) is 8.91. The smallest absolute Gasteiger partial charge is 0.228 e. The predicted molar refractivity (Wildman–Crippen MR) is 100 cm³/mol. The first-order valence-corrected chi connectivity index (χ1v) is 8.91. The Hall–Kier alpha value is -2.55. The number of hydrogen-bond donors (Lipinski definition) is 1. The second kappa shape index (κ2) is 8.52. The van der Waals surface area contributed by atoms with Crippen molar-refractivity contribution in [2.45, 2.75) is 39.2 Å². The molecule has 0 atom stereocenters. The van der Waals surface area contributed by atoms with Crippen molar-refractivity contribution in [2.24, 2.45) is 5.92 Å². The van der Waals surface area contributed by atoms with Gasteiger partial charge < -0.3 is 10.1 Å². The van der Waals surface area contributed by atoms with Gasteiger partial charge >= 0.3 is 0 Å². The van der Waals surface area contributed by atoms with Gasteiger partial charge in [-0.05, 0) is 55.4 Å². The van der Waals surface area contributed by atoms with Gasteiger partial charge in [0.25, 0.3) is 0 Å². The molecule has 1 amide bonds. The third-order valence-electron chi connectivity index (χ3n) is 4.33. The topological polar surface area (TPSA) is 38.3 Å². The van der Waals surface area contributed by atoms with Crippen LogP contribution in [0.25, 0.3) is 0 Å². The van der Waals surface area contributed by atoms with Crippen LogP contribution in [0, 0.1) is 5.92 Å². The highest BCUT2D eigenvalue weighted by molar-refractivity contribution is 5.80. The van der Waals surface area contributed by atoms with Crippen molar-refractivity contribution in [3.05, 3.63) is 77.5 Å². The summed E-state index contributed by atoms with van der Waals surface area (Å²) < 4.78 is 5.77. The number of ether oxygens (including phenoxy) is 1. The molecule has 2 aromatic rings. The van der Waals surface area contributed by atoms with Gasteiger partial charge in [0.15, 0.2) is 0 Å². The molecule has 2 aromatic carbocycles. The van der Waals surface area contributed by atoms with E-state index in [-0.39, 0.29) is 5.91 Å². The van der Waals surface area contributed by atoms with Crippen LogP contribution < -0.4 is 10.1 Å². The van der Waals surface area contributed by atoms with E-state index in [0.717, 1.165) is 34.9 Å². The molecular weight excluding hydrogens is 310 g/mol. The van der Waals surface area contributed by atoms with Crippen molar-refractivity contribution < 1.29 is 9.53 Å². The van der Waals surface area contributed by atoms with E-state index in [1.54, 1.807) is 0 Å². The Morgan fingerprint density at radius 1 is 1.08 bits per heavy atom. The lowest BCUT2D eigenvalue weighted by molar-refractivity contribution is -0.119. The molecule has 1 N–H and O–H groups in total. The fraction of sp³-hybridized carbons (Fsp3) is 0.318. The summed E-state index contributed by atoms with van der Waals surface area (Å²) in [5, 5.41) is 2.96. The third kappa shape index (κ3) is 6.11. The average Bonchev–Trinajstić information content (AvgIpc) is 3.45. The summed E-state index contributed by atoms with van der Waals surface area (Å²) in [6.45, 7) is 2.51. The minimum absolute atomic E-state index is 0.0301. The molecule has 0 spiro atoms. The van der Waals surface area contributed by atoms with Crippen LogP contribution in [0.15, 0.2) is 66.4 Å². The number of carbonyl (C=O) groups is 1.